The number of nitrogens with zero attached hydrogens (tertiary/aromatic N) is 1. The first-order valence-corrected chi connectivity index (χ1v) is 10.8. The van der Waals surface area contributed by atoms with E-state index in [2.05, 4.69) is 9.97 Å². The number of aromatic nitrogens is 2. The molecule has 1 aliphatic rings. The molecule has 4 aromatic rings. The maximum absolute atomic E-state index is 12.6. The number of esters is 1. The van der Waals surface area contributed by atoms with Crippen LogP contribution >= 0.6 is 0 Å². The van der Waals surface area contributed by atoms with Crippen LogP contribution in [0.3, 0.4) is 0 Å². The molecule has 2 aromatic heterocycles. The number of hydrogen-bond acceptors (Lipinski definition) is 7. The Balaban J connectivity index is 1.52. The van der Waals surface area contributed by atoms with Gasteiger partial charge in [0.2, 0.25) is 0 Å². The van der Waals surface area contributed by atoms with Gasteiger partial charge in [-0.25, -0.2) is 4.79 Å². The highest BCUT2D eigenvalue weighted by Crippen LogP contribution is 2.38. The number of hydrogen-bond donors (Lipinski definition) is 2. The molecule has 2 aromatic carbocycles. The molecule has 2 heterocycles. The van der Waals surface area contributed by atoms with E-state index in [1.807, 2.05) is 0 Å². The summed E-state index contributed by atoms with van der Waals surface area (Å²) in [5.41, 5.74) is 6.99. The third-order valence-electron chi connectivity index (χ3n) is 5.80. The van der Waals surface area contributed by atoms with Gasteiger partial charge in [-0.2, -0.15) is 0 Å². The van der Waals surface area contributed by atoms with Crippen molar-refractivity contribution in [2.24, 2.45) is 11.7 Å². The zero-order chi connectivity index (χ0) is 23.8. The van der Waals surface area contributed by atoms with Crippen LogP contribution in [-0.2, 0) is 4.74 Å². The van der Waals surface area contributed by atoms with Gasteiger partial charge in [-0.1, -0.05) is 0 Å². The Hall–Kier alpha value is -4.27. The summed E-state index contributed by atoms with van der Waals surface area (Å²) in [4.78, 5) is 32.2. The summed E-state index contributed by atoms with van der Waals surface area (Å²) < 4.78 is 22.3. The Bertz CT molecular complexity index is 1420. The van der Waals surface area contributed by atoms with Crippen molar-refractivity contribution in [2.45, 2.75) is 12.8 Å². The van der Waals surface area contributed by atoms with Gasteiger partial charge in [0, 0.05) is 28.6 Å². The lowest BCUT2D eigenvalue weighted by Crippen LogP contribution is -2.17. The molecule has 0 atom stereocenters. The minimum atomic E-state index is -0.729. The number of aromatic amines is 1. The maximum atomic E-state index is 12.6. The smallest absolute Gasteiger partial charge is 0.355 e. The molecule has 9 heteroatoms. The number of methoxy groups -OCH3 is 2. The Morgan fingerprint density at radius 1 is 1.03 bits per heavy atom. The third kappa shape index (κ3) is 3.96. The fourth-order valence-electron chi connectivity index (χ4n) is 3.86. The zero-order valence-electron chi connectivity index (χ0n) is 18.7. The summed E-state index contributed by atoms with van der Waals surface area (Å²) in [5.74, 6) is 1.16. The van der Waals surface area contributed by atoms with Crippen LogP contribution in [0.15, 0.2) is 42.6 Å². The van der Waals surface area contributed by atoms with Crippen molar-refractivity contribution in [3.05, 3.63) is 53.9 Å². The lowest BCUT2D eigenvalue weighted by molar-refractivity contribution is 0.0477. The molecule has 9 nitrogen and oxygen atoms in total. The Morgan fingerprint density at radius 2 is 1.79 bits per heavy atom. The Kier molecular flexibility index (Phi) is 5.45. The molecule has 0 spiro atoms. The number of amides is 1. The van der Waals surface area contributed by atoms with Crippen molar-refractivity contribution in [1.82, 2.24) is 9.97 Å². The second-order valence-corrected chi connectivity index (χ2v) is 8.12. The van der Waals surface area contributed by atoms with E-state index in [4.69, 9.17) is 24.7 Å². The highest BCUT2D eigenvalue weighted by Gasteiger charge is 2.27. The molecule has 1 amide bonds. The maximum Gasteiger partial charge on any atom is 0.355 e. The first-order chi connectivity index (χ1) is 16.5. The minimum Gasteiger partial charge on any atom is -0.493 e. The summed E-state index contributed by atoms with van der Waals surface area (Å²) in [6.45, 7) is 0.337. The predicted octanol–water partition coefficient (Wildman–Crippen LogP) is 4.19. The molecule has 0 saturated heterocycles. The van der Waals surface area contributed by atoms with Crippen LogP contribution in [0.25, 0.3) is 21.8 Å². The Labute approximate surface area is 194 Å². The lowest BCUT2D eigenvalue weighted by Gasteiger charge is -2.12. The molecule has 5 rings (SSSR count). The van der Waals surface area contributed by atoms with Crippen LogP contribution in [0.5, 0.6) is 23.0 Å². The standard InChI is InChI=1S/C25H23N3O6/c1-31-20-10-15-18(11-21(20)32-2)27-8-7-19(15)34-14-5-6-17-16(9-14)22(24(26)29)23(28-17)25(30)33-12-13-3-4-13/h5-11,13,28H,3-4,12H2,1-2H3,(H2,26,29). The van der Waals surface area contributed by atoms with E-state index in [0.29, 0.717) is 57.3 Å². The number of pyridine rings is 1. The van der Waals surface area contributed by atoms with Gasteiger partial charge < -0.3 is 29.7 Å². The number of rotatable bonds is 8. The number of carbonyl (C=O) groups excluding carboxylic acids is 2. The topological polar surface area (TPSA) is 126 Å². The fraction of sp³-hybridized carbons (Fsp3) is 0.240. The molecule has 3 N–H and O–H groups in total. The molecular weight excluding hydrogens is 438 g/mol. The SMILES string of the molecule is COc1cc2nccc(Oc3ccc4[nH]c(C(=O)OCC5CC5)c(C(N)=O)c4c3)c2cc1OC. The van der Waals surface area contributed by atoms with Crippen molar-refractivity contribution in [2.75, 3.05) is 20.8 Å². The molecule has 1 fully saturated rings. The van der Waals surface area contributed by atoms with Crippen LogP contribution in [0.4, 0.5) is 0 Å². The molecule has 0 unspecified atom stereocenters. The number of nitrogens with two attached hydrogens (primary N) is 1. The predicted molar refractivity (Wildman–Crippen MR) is 125 cm³/mol. The molecule has 0 aliphatic heterocycles. The van der Waals surface area contributed by atoms with Gasteiger partial charge in [-0.3, -0.25) is 9.78 Å². The van der Waals surface area contributed by atoms with Crippen LogP contribution in [0.1, 0.15) is 33.7 Å². The lowest BCUT2D eigenvalue weighted by atomic mass is 10.1. The van der Waals surface area contributed by atoms with Gasteiger partial charge >= 0.3 is 5.97 Å². The van der Waals surface area contributed by atoms with Crippen molar-refractivity contribution in [3.63, 3.8) is 0 Å². The quantitative estimate of drug-likeness (QED) is 0.377. The normalized spacial score (nSPS) is 13.1. The van der Waals surface area contributed by atoms with Crippen molar-refractivity contribution in [1.29, 1.82) is 0 Å². The van der Waals surface area contributed by atoms with Crippen LogP contribution in [0, 0.1) is 5.92 Å². The van der Waals surface area contributed by atoms with Gasteiger partial charge in [0.25, 0.3) is 5.91 Å². The van der Waals surface area contributed by atoms with Crippen molar-refractivity contribution in [3.8, 4) is 23.0 Å². The van der Waals surface area contributed by atoms with E-state index in [1.165, 1.54) is 0 Å². The third-order valence-corrected chi connectivity index (χ3v) is 5.80. The van der Waals surface area contributed by atoms with Crippen LogP contribution < -0.4 is 19.9 Å². The highest BCUT2D eigenvalue weighted by atomic mass is 16.5. The van der Waals surface area contributed by atoms with E-state index < -0.39 is 11.9 Å². The number of nitrogens with one attached hydrogen (secondary N) is 1. The first-order valence-electron chi connectivity index (χ1n) is 10.8. The van der Waals surface area contributed by atoms with E-state index in [0.717, 1.165) is 12.8 Å². The van der Waals surface area contributed by atoms with Gasteiger partial charge in [0.05, 0.1) is 31.9 Å². The summed E-state index contributed by atoms with van der Waals surface area (Å²) in [7, 11) is 3.11. The van der Waals surface area contributed by atoms with Gasteiger partial charge in [0.15, 0.2) is 11.5 Å². The second kappa shape index (κ2) is 8.58. The van der Waals surface area contributed by atoms with Gasteiger partial charge in [-0.15, -0.1) is 0 Å². The summed E-state index contributed by atoms with van der Waals surface area (Å²) >= 11 is 0. The number of carbonyl (C=O) groups is 2. The number of benzene rings is 2. The average molecular weight is 461 g/mol. The second-order valence-electron chi connectivity index (χ2n) is 8.12. The van der Waals surface area contributed by atoms with E-state index >= 15 is 0 Å². The molecule has 1 saturated carbocycles. The summed E-state index contributed by atoms with van der Waals surface area (Å²) in [6, 6.07) is 10.4. The van der Waals surface area contributed by atoms with Gasteiger partial charge in [0.1, 0.15) is 17.2 Å². The zero-order valence-corrected chi connectivity index (χ0v) is 18.7. The number of primary amides is 1. The fourth-order valence-corrected chi connectivity index (χ4v) is 3.86. The van der Waals surface area contributed by atoms with Crippen LogP contribution in [-0.4, -0.2) is 42.7 Å². The summed E-state index contributed by atoms with van der Waals surface area (Å²) in [5, 5.41) is 1.19. The molecular formula is C25H23N3O6. The van der Waals surface area contributed by atoms with E-state index in [1.54, 1.807) is 56.8 Å². The largest absolute Gasteiger partial charge is 0.493 e. The summed E-state index contributed by atoms with van der Waals surface area (Å²) in [6.07, 6.45) is 3.72. The van der Waals surface area contributed by atoms with E-state index in [9.17, 15) is 9.59 Å². The first kappa shape index (κ1) is 21.6. The number of fused-ring (bicyclic) bond motifs is 2. The molecule has 0 radical (unpaired) electrons. The van der Waals surface area contributed by atoms with Crippen LogP contribution in [0.2, 0.25) is 0 Å². The van der Waals surface area contributed by atoms with E-state index in [-0.39, 0.29) is 11.3 Å². The molecule has 34 heavy (non-hydrogen) atoms. The number of ether oxygens (including phenoxy) is 4. The average Bonchev–Trinajstić information content (AvgIpc) is 3.59. The van der Waals surface area contributed by atoms with Gasteiger partial charge in [-0.05, 0) is 49.1 Å². The molecule has 0 bridgehead atoms. The minimum absolute atomic E-state index is 0.0477. The molecule has 174 valence electrons. The Morgan fingerprint density at radius 3 is 2.50 bits per heavy atom. The molecule has 1 aliphatic carbocycles. The number of H-pyrrole nitrogens is 1. The monoisotopic (exact) mass is 461 g/mol. The highest BCUT2D eigenvalue weighted by molar-refractivity contribution is 6.14. The van der Waals surface area contributed by atoms with Crippen molar-refractivity contribution >= 4 is 33.7 Å². The van der Waals surface area contributed by atoms with Crippen molar-refractivity contribution < 1.29 is 28.5 Å².